The van der Waals surface area contributed by atoms with Crippen LogP contribution in [0.15, 0.2) is 33.6 Å². The maximum atomic E-state index is 12.9. The minimum atomic E-state index is -3.57. The van der Waals surface area contributed by atoms with Gasteiger partial charge in [-0.15, -0.1) is 0 Å². The molecule has 0 saturated carbocycles. The summed E-state index contributed by atoms with van der Waals surface area (Å²) in [5.41, 5.74) is 0. The van der Waals surface area contributed by atoms with Crippen molar-refractivity contribution < 1.29 is 13.2 Å². The third kappa shape index (κ3) is 5.55. The van der Waals surface area contributed by atoms with Gasteiger partial charge < -0.3 is 10.2 Å². The minimum Gasteiger partial charge on any atom is -0.356 e. The number of carbonyl (C=O) groups is 1. The van der Waals surface area contributed by atoms with Crippen molar-refractivity contribution in [3.63, 3.8) is 0 Å². The quantitative estimate of drug-likeness (QED) is 0.663. The van der Waals surface area contributed by atoms with E-state index in [0.29, 0.717) is 25.4 Å². The van der Waals surface area contributed by atoms with Gasteiger partial charge in [-0.1, -0.05) is 22.9 Å². The summed E-state index contributed by atoms with van der Waals surface area (Å²) >= 11 is 3.33. The summed E-state index contributed by atoms with van der Waals surface area (Å²) in [6.45, 7) is 6.84. The van der Waals surface area contributed by atoms with E-state index >= 15 is 0 Å². The fourth-order valence-electron chi connectivity index (χ4n) is 4.02. The van der Waals surface area contributed by atoms with Gasteiger partial charge in [-0.05, 0) is 69.0 Å². The number of hydrogen-bond donors (Lipinski definition) is 1. The van der Waals surface area contributed by atoms with Gasteiger partial charge in [0.2, 0.25) is 15.9 Å². The monoisotopic (exact) mass is 471 g/mol. The number of carbonyl (C=O) groups excluding carboxylic acids is 1. The van der Waals surface area contributed by atoms with Crippen LogP contribution in [0.4, 0.5) is 0 Å². The molecule has 0 radical (unpaired) electrons. The number of nitrogens with zero attached hydrogens (tertiary/aromatic N) is 2. The summed E-state index contributed by atoms with van der Waals surface area (Å²) < 4.78 is 28.1. The number of benzene rings is 1. The molecule has 2 aliphatic heterocycles. The van der Waals surface area contributed by atoms with Gasteiger partial charge in [0.05, 0.1) is 10.8 Å². The van der Waals surface area contributed by atoms with Gasteiger partial charge in [-0.3, -0.25) is 4.79 Å². The lowest BCUT2D eigenvalue weighted by molar-refractivity contribution is -0.126. The van der Waals surface area contributed by atoms with E-state index in [-0.39, 0.29) is 23.3 Å². The molecular formula is C20H30BrN3O3S. The molecule has 156 valence electrons. The average Bonchev–Trinajstić information content (AvgIpc) is 3.19. The highest BCUT2D eigenvalue weighted by atomic mass is 79.9. The lowest BCUT2D eigenvalue weighted by Gasteiger charge is -2.31. The summed E-state index contributed by atoms with van der Waals surface area (Å²) in [7, 11) is -3.57. The molecule has 3 rings (SSSR count). The van der Waals surface area contributed by atoms with Gasteiger partial charge in [0.1, 0.15) is 0 Å². The fourth-order valence-corrected chi connectivity index (χ4v) is 5.81. The third-order valence-corrected chi connectivity index (χ3v) is 8.01. The molecule has 0 spiro atoms. The zero-order valence-electron chi connectivity index (χ0n) is 16.4. The predicted molar refractivity (Wildman–Crippen MR) is 113 cm³/mol. The Labute approximate surface area is 176 Å². The SMILES string of the molecule is CC(CNC(=O)C1CCCN(S(=O)(=O)c2ccc(Br)cc2)C1)CN1CCCC1. The first-order valence-electron chi connectivity index (χ1n) is 10.1. The van der Waals surface area contributed by atoms with Crippen LogP contribution in [0.3, 0.4) is 0 Å². The maximum absolute atomic E-state index is 12.9. The molecule has 0 aromatic heterocycles. The average molecular weight is 472 g/mol. The third-order valence-electron chi connectivity index (χ3n) is 5.60. The largest absolute Gasteiger partial charge is 0.356 e. The summed E-state index contributed by atoms with van der Waals surface area (Å²) in [6.07, 6.45) is 3.98. The van der Waals surface area contributed by atoms with E-state index in [0.717, 1.165) is 30.5 Å². The molecule has 2 saturated heterocycles. The Morgan fingerprint density at radius 1 is 1.18 bits per heavy atom. The normalized spacial score (nSPS) is 22.9. The van der Waals surface area contributed by atoms with Crippen LogP contribution in [0.5, 0.6) is 0 Å². The van der Waals surface area contributed by atoms with E-state index in [4.69, 9.17) is 0 Å². The number of halogens is 1. The second-order valence-corrected chi connectivity index (χ2v) is 10.9. The van der Waals surface area contributed by atoms with Crippen LogP contribution in [0.2, 0.25) is 0 Å². The van der Waals surface area contributed by atoms with Gasteiger partial charge in [-0.25, -0.2) is 8.42 Å². The number of sulfonamides is 1. The van der Waals surface area contributed by atoms with Crippen LogP contribution in [0, 0.1) is 11.8 Å². The zero-order chi connectivity index (χ0) is 20.1. The standard InChI is InChI=1S/C20H30BrN3O3S/c1-16(14-23-10-2-3-11-23)13-22-20(25)17-5-4-12-24(15-17)28(26,27)19-8-6-18(21)7-9-19/h6-9,16-17H,2-5,10-15H2,1H3,(H,22,25). The molecule has 0 bridgehead atoms. The van der Waals surface area contributed by atoms with Crippen molar-refractivity contribution in [3.05, 3.63) is 28.7 Å². The van der Waals surface area contributed by atoms with E-state index in [1.165, 1.54) is 17.1 Å². The van der Waals surface area contributed by atoms with Gasteiger partial charge in [-0.2, -0.15) is 4.31 Å². The number of piperidine rings is 1. The molecule has 0 aliphatic carbocycles. The molecule has 1 aromatic carbocycles. The molecule has 1 amide bonds. The first-order chi connectivity index (χ1) is 13.4. The Hall–Kier alpha value is -0.960. The van der Waals surface area contributed by atoms with Crippen molar-refractivity contribution in [1.29, 1.82) is 0 Å². The summed E-state index contributed by atoms with van der Waals surface area (Å²) in [5, 5.41) is 3.05. The van der Waals surface area contributed by atoms with Crippen molar-refractivity contribution in [1.82, 2.24) is 14.5 Å². The smallest absolute Gasteiger partial charge is 0.243 e. The van der Waals surface area contributed by atoms with E-state index in [9.17, 15) is 13.2 Å². The van der Waals surface area contributed by atoms with E-state index in [2.05, 4.69) is 33.1 Å². The number of rotatable bonds is 7. The van der Waals surface area contributed by atoms with E-state index < -0.39 is 10.0 Å². The summed E-state index contributed by atoms with van der Waals surface area (Å²) in [5.74, 6) is 0.0928. The van der Waals surface area contributed by atoms with Gasteiger partial charge in [0.25, 0.3) is 0 Å². The van der Waals surface area contributed by atoms with Crippen LogP contribution in [-0.4, -0.2) is 62.8 Å². The summed E-state index contributed by atoms with van der Waals surface area (Å²) in [6, 6.07) is 6.65. The molecule has 2 atom stereocenters. The second kappa shape index (κ2) is 9.69. The minimum absolute atomic E-state index is 0.0241. The van der Waals surface area contributed by atoms with Crippen molar-refractivity contribution in [2.24, 2.45) is 11.8 Å². The molecule has 2 unspecified atom stereocenters. The zero-order valence-corrected chi connectivity index (χ0v) is 18.8. The molecule has 2 heterocycles. The molecular weight excluding hydrogens is 442 g/mol. The van der Waals surface area contributed by atoms with Gasteiger partial charge in [0, 0.05) is 30.7 Å². The second-order valence-electron chi connectivity index (χ2n) is 8.01. The molecule has 28 heavy (non-hydrogen) atoms. The van der Waals surface area contributed by atoms with Crippen molar-refractivity contribution in [2.75, 3.05) is 39.3 Å². The van der Waals surface area contributed by atoms with E-state index in [1.807, 2.05) is 0 Å². The first kappa shape index (κ1) is 21.7. The Kier molecular flexibility index (Phi) is 7.53. The van der Waals surface area contributed by atoms with Crippen LogP contribution in [0.1, 0.15) is 32.6 Å². The van der Waals surface area contributed by atoms with Gasteiger partial charge in [0.15, 0.2) is 0 Å². The van der Waals surface area contributed by atoms with Crippen LogP contribution in [0.25, 0.3) is 0 Å². The first-order valence-corrected chi connectivity index (χ1v) is 12.4. The van der Waals surface area contributed by atoms with Gasteiger partial charge >= 0.3 is 0 Å². The molecule has 6 nitrogen and oxygen atoms in total. The van der Waals surface area contributed by atoms with Crippen molar-refractivity contribution in [3.8, 4) is 0 Å². The Morgan fingerprint density at radius 2 is 1.86 bits per heavy atom. The maximum Gasteiger partial charge on any atom is 0.243 e. The molecule has 2 fully saturated rings. The highest BCUT2D eigenvalue weighted by molar-refractivity contribution is 9.10. The molecule has 8 heteroatoms. The number of likely N-dealkylation sites (tertiary alicyclic amines) is 1. The predicted octanol–water partition coefficient (Wildman–Crippen LogP) is 2.70. The Balaban J connectivity index is 1.53. The summed E-state index contributed by atoms with van der Waals surface area (Å²) in [4.78, 5) is 15.4. The Morgan fingerprint density at radius 3 is 2.54 bits per heavy atom. The highest BCUT2D eigenvalue weighted by Gasteiger charge is 2.33. The number of hydrogen-bond acceptors (Lipinski definition) is 4. The lowest BCUT2D eigenvalue weighted by atomic mass is 9.98. The van der Waals surface area contributed by atoms with Crippen LogP contribution in [-0.2, 0) is 14.8 Å². The molecule has 2 aliphatic rings. The fraction of sp³-hybridized carbons (Fsp3) is 0.650. The topological polar surface area (TPSA) is 69.7 Å². The van der Waals surface area contributed by atoms with Crippen molar-refractivity contribution in [2.45, 2.75) is 37.5 Å². The highest BCUT2D eigenvalue weighted by Crippen LogP contribution is 2.25. The lowest BCUT2D eigenvalue weighted by Crippen LogP contribution is -2.46. The number of amides is 1. The van der Waals surface area contributed by atoms with E-state index in [1.54, 1.807) is 24.3 Å². The van der Waals surface area contributed by atoms with Crippen LogP contribution >= 0.6 is 15.9 Å². The molecule has 1 N–H and O–H groups in total. The number of nitrogens with one attached hydrogen (secondary N) is 1. The van der Waals surface area contributed by atoms with Crippen LogP contribution < -0.4 is 5.32 Å². The molecule has 1 aromatic rings. The van der Waals surface area contributed by atoms with Crippen molar-refractivity contribution >= 4 is 31.9 Å². The Bertz CT molecular complexity index is 763.